The molecule has 0 saturated heterocycles. The lowest BCUT2D eigenvalue weighted by Crippen LogP contribution is -2.02. The van der Waals surface area contributed by atoms with E-state index in [9.17, 15) is 4.79 Å². The van der Waals surface area contributed by atoms with Crippen LogP contribution in [0.5, 0.6) is 0 Å². The summed E-state index contributed by atoms with van der Waals surface area (Å²) < 4.78 is 0. The molecule has 1 aromatic carbocycles. The Labute approximate surface area is 131 Å². The maximum Gasteiger partial charge on any atom is 0.183 e. The first kappa shape index (κ1) is 14.2. The monoisotopic (exact) mass is 314 g/mol. The molecule has 0 atom stereocenters. The molecule has 0 aliphatic rings. The van der Waals surface area contributed by atoms with E-state index in [1.807, 2.05) is 48.7 Å². The average molecular weight is 314 g/mol. The molecular weight excluding hydrogens is 300 g/mol. The zero-order chi connectivity index (χ0) is 14.7. The molecule has 0 bridgehead atoms. The van der Waals surface area contributed by atoms with Crippen LogP contribution in [-0.2, 0) is 6.42 Å². The fourth-order valence-electron chi connectivity index (χ4n) is 2.00. The summed E-state index contributed by atoms with van der Waals surface area (Å²) in [5.41, 5.74) is 0.940. The van der Waals surface area contributed by atoms with Gasteiger partial charge in [0, 0.05) is 11.8 Å². The second-order valence-electron chi connectivity index (χ2n) is 4.50. The van der Waals surface area contributed by atoms with Crippen LogP contribution in [-0.4, -0.2) is 21.5 Å². The highest BCUT2D eigenvalue weighted by atomic mass is 32.2. The van der Waals surface area contributed by atoms with Crippen LogP contribution in [0.1, 0.15) is 22.4 Å². The molecular formula is C16H14N2OS2. The summed E-state index contributed by atoms with van der Waals surface area (Å²) in [4.78, 5) is 22.0. The highest BCUT2D eigenvalue weighted by molar-refractivity contribution is 8.00. The second kappa shape index (κ2) is 6.37. The summed E-state index contributed by atoms with van der Waals surface area (Å²) in [6.45, 7) is 2.04. The minimum absolute atomic E-state index is 0.149. The van der Waals surface area contributed by atoms with Gasteiger partial charge in [0.05, 0.1) is 16.1 Å². The minimum Gasteiger partial charge on any atom is -0.292 e. The number of thiophene rings is 1. The van der Waals surface area contributed by atoms with Crippen molar-refractivity contribution in [2.24, 2.45) is 0 Å². The summed E-state index contributed by atoms with van der Waals surface area (Å²) in [5.74, 6) is 1.38. The average Bonchev–Trinajstić information content (AvgIpc) is 3.06. The molecule has 3 aromatic rings. The number of carbonyl (C=O) groups is 1. The van der Waals surface area contributed by atoms with Gasteiger partial charge in [-0.2, -0.15) is 0 Å². The van der Waals surface area contributed by atoms with Gasteiger partial charge in [0.25, 0.3) is 0 Å². The Bertz CT molecular complexity index is 769. The Balaban J connectivity index is 1.87. The number of thioether (sulfide) groups is 1. The van der Waals surface area contributed by atoms with Gasteiger partial charge in [-0.15, -0.1) is 11.3 Å². The van der Waals surface area contributed by atoms with Crippen molar-refractivity contribution in [2.75, 3.05) is 5.75 Å². The molecule has 21 heavy (non-hydrogen) atoms. The van der Waals surface area contributed by atoms with Gasteiger partial charge in [0.15, 0.2) is 5.78 Å². The topological polar surface area (TPSA) is 42.9 Å². The van der Waals surface area contributed by atoms with Crippen molar-refractivity contribution in [3.63, 3.8) is 0 Å². The first-order chi connectivity index (χ1) is 10.3. The molecule has 0 saturated carbocycles. The zero-order valence-electron chi connectivity index (χ0n) is 11.6. The molecule has 106 valence electrons. The van der Waals surface area contributed by atoms with Crippen molar-refractivity contribution in [1.29, 1.82) is 0 Å². The molecule has 3 rings (SSSR count). The molecule has 0 aliphatic carbocycles. The van der Waals surface area contributed by atoms with Gasteiger partial charge >= 0.3 is 0 Å². The standard InChI is InChI=1S/C16H14N2OS2/c1-2-15-17-12-7-4-3-6-11(12)16(18-15)21-10-13(19)14-8-5-9-20-14/h3-9H,2,10H2,1H3. The summed E-state index contributed by atoms with van der Waals surface area (Å²) in [6, 6.07) is 11.7. The lowest BCUT2D eigenvalue weighted by atomic mass is 10.2. The van der Waals surface area contributed by atoms with Crippen LogP contribution in [0, 0.1) is 0 Å². The number of para-hydroxylation sites is 1. The van der Waals surface area contributed by atoms with Gasteiger partial charge in [-0.25, -0.2) is 9.97 Å². The Kier molecular flexibility index (Phi) is 4.31. The molecule has 0 amide bonds. The van der Waals surface area contributed by atoms with Gasteiger partial charge in [-0.1, -0.05) is 43.0 Å². The molecule has 0 fully saturated rings. The number of ketones is 1. The summed E-state index contributed by atoms with van der Waals surface area (Å²) in [5, 5.41) is 3.83. The van der Waals surface area contributed by atoms with Crippen LogP contribution in [0.25, 0.3) is 10.9 Å². The molecule has 2 heterocycles. The van der Waals surface area contributed by atoms with Crippen molar-refractivity contribution < 1.29 is 4.79 Å². The number of hydrogen-bond donors (Lipinski definition) is 0. The molecule has 0 radical (unpaired) electrons. The SMILES string of the molecule is CCc1nc(SCC(=O)c2cccs2)c2ccccc2n1. The zero-order valence-corrected chi connectivity index (χ0v) is 13.2. The predicted molar refractivity (Wildman–Crippen MR) is 88.3 cm³/mol. The predicted octanol–water partition coefficient (Wildman–Crippen LogP) is 4.23. The molecule has 0 aliphatic heterocycles. The number of fused-ring (bicyclic) bond motifs is 1. The van der Waals surface area contributed by atoms with Crippen LogP contribution in [0.2, 0.25) is 0 Å². The first-order valence-electron chi connectivity index (χ1n) is 6.73. The smallest absolute Gasteiger partial charge is 0.183 e. The molecule has 0 spiro atoms. The van der Waals surface area contributed by atoms with Crippen LogP contribution < -0.4 is 0 Å². The van der Waals surface area contributed by atoms with E-state index in [-0.39, 0.29) is 5.78 Å². The third kappa shape index (κ3) is 3.14. The van der Waals surface area contributed by atoms with E-state index in [1.54, 1.807) is 0 Å². The van der Waals surface area contributed by atoms with Gasteiger partial charge in [-0.3, -0.25) is 4.79 Å². The van der Waals surface area contributed by atoms with Gasteiger partial charge in [0.1, 0.15) is 10.9 Å². The third-order valence-corrected chi connectivity index (χ3v) is 4.97. The Morgan fingerprint density at radius 3 is 2.81 bits per heavy atom. The van der Waals surface area contributed by atoms with Crippen LogP contribution in [0.3, 0.4) is 0 Å². The van der Waals surface area contributed by atoms with E-state index in [4.69, 9.17) is 0 Å². The number of rotatable bonds is 5. The summed E-state index contributed by atoms with van der Waals surface area (Å²) in [7, 11) is 0. The van der Waals surface area contributed by atoms with Crippen molar-refractivity contribution >= 4 is 39.8 Å². The number of aryl methyl sites for hydroxylation is 1. The van der Waals surface area contributed by atoms with E-state index in [0.717, 1.165) is 33.1 Å². The molecule has 0 N–H and O–H groups in total. The number of Topliss-reactive ketones (excluding diaryl/α,β-unsaturated/α-hetero) is 1. The summed E-state index contributed by atoms with van der Waals surface area (Å²) >= 11 is 2.97. The maximum absolute atomic E-state index is 12.1. The summed E-state index contributed by atoms with van der Waals surface area (Å²) in [6.07, 6.45) is 0.789. The molecule has 0 unspecified atom stereocenters. The van der Waals surface area contributed by atoms with Crippen LogP contribution in [0.15, 0.2) is 46.8 Å². The Hall–Kier alpha value is -1.72. The highest BCUT2D eigenvalue weighted by Gasteiger charge is 2.11. The van der Waals surface area contributed by atoms with E-state index in [0.29, 0.717) is 5.75 Å². The van der Waals surface area contributed by atoms with Gasteiger partial charge in [0.2, 0.25) is 0 Å². The van der Waals surface area contributed by atoms with Crippen molar-refractivity contribution in [3.05, 3.63) is 52.5 Å². The lowest BCUT2D eigenvalue weighted by molar-refractivity contribution is 0.102. The van der Waals surface area contributed by atoms with E-state index in [1.165, 1.54) is 23.1 Å². The number of nitrogens with zero attached hydrogens (tertiary/aromatic N) is 2. The molecule has 3 nitrogen and oxygen atoms in total. The highest BCUT2D eigenvalue weighted by Crippen LogP contribution is 2.26. The lowest BCUT2D eigenvalue weighted by Gasteiger charge is -2.06. The quantitative estimate of drug-likeness (QED) is 0.401. The van der Waals surface area contributed by atoms with E-state index in [2.05, 4.69) is 9.97 Å². The fourth-order valence-corrected chi connectivity index (χ4v) is 3.68. The molecule has 2 aromatic heterocycles. The van der Waals surface area contributed by atoms with Crippen LogP contribution in [0.4, 0.5) is 0 Å². The van der Waals surface area contributed by atoms with Crippen LogP contribution >= 0.6 is 23.1 Å². The van der Waals surface area contributed by atoms with Crippen molar-refractivity contribution in [1.82, 2.24) is 9.97 Å². The fraction of sp³-hybridized carbons (Fsp3) is 0.188. The first-order valence-corrected chi connectivity index (χ1v) is 8.59. The largest absolute Gasteiger partial charge is 0.292 e. The Morgan fingerprint density at radius 2 is 2.05 bits per heavy atom. The normalized spacial score (nSPS) is 10.9. The second-order valence-corrected chi connectivity index (χ2v) is 6.42. The maximum atomic E-state index is 12.1. The van der Waals surface area contributed by atoms with E-state index >= 15 is 0 Å². The number of aromatic nitrogens is 2. The minimum atomic E-state index is 0.149. The number of carbonyl (C=O) groups excluding carboxylic acids is 1. The van der Waals surface area contributed by atoms with Crippen molar-refractivity contribution in [2.45, 2.75) is 18.4 Å². The van der Waals surface area contributed by atoms with Crippen molar-refractivity contribution in [3.8, 4) is 0 Å². The van der Waals surface area contributed by atoms with E-state index < -0.39 is 0 Å². The third-order valence-electron chi connectivity index (χ3n) is 3.07. The Morgan fingerprint density at radius 1 is 1.19 bits per heavy atom. The molecule has 5 heteroatoms. The van der Waals surface area contributed by atoms with Gasteiger partial charge in [-0.05, 0) is 17.5 Å². The number of hydrogen-bond acceptors (Lipinski definition) is 5. The van der Waals surface area contributed by atoms with Gasteiger partial charge < -0.3 is 0 Å². The number of benzene rings is 1.